The molecule has 0 unspecified atom stereocenters. The van der Waals surface area contributed by atoms with Gasteiger partial charge in [-0.2, -0.15) is 5.26 Å². The summed E-state index contributed by atoms with van der Waals surface area (Å²) in [4.78, 5) is 21.4. The van der Waals surface area contributed by atoms with E-state index in [4.69, 9.17) is 0 Å². The maximum absolute atomic E-state index is 12.6. The van der Waals surface area contributed by atoms with Crippen LogP contribution in [0.1, 0.15) is 43.2 Å². The summed E-state index contributed by atoms with van der Waals surface area (Å²) < 4.78 is 0. The monoisotopic (exact) mass is 364 g/mol. The van der Waals surface area contributed by atoms with Gasteiger partial charge in [0.05, 0.1) is 11.8 Å². The van der Waals surface area contributed by atoms with Gasteiger partial charge in [0.15, 0.2) is 5.78 Å². The van der Waals surface area contributed by atoms with Crippen LogP contribution in [-0.4, -0.2) is 53.1 Å². The molecule has 0 amide bonds. The van der Waals surface area contributed by atoms with E-state index >= 15 is 0 Å². The number of carbonyl (C=O) groups is 1. The number of aliphatic hydroxyl groups is 1. The number of Topliss-reactive ketones (excluding diaryl/α,β-unsaturated/α-hetero) is 1. The summed E-state index contributed by atoms with van der Waals surface area (Å²) in [6, 6.07) is 4.20. The Morgan fingerprint density at radius 2 is 1.93 bits per heavy atom. The van der Waals surface area contributed by atoms with E-state index in [1.807, 2.05) is 11.0 Å². The molecular weight excluding hydrogens is 340 g/mol. The van der Waals surface area contributed by atoms with Gasteiger partial charge in [-0.3, -0.25) is 4.79 Å². The molecule has 0 atom stereocenters. The summed E-state index contributed by atoms with van der Waals surface area (Å²) in [5.41, 5.74) is 3.50. The molecule has 1 saturated carbocycles. The SMILES string of the molecule is N#CC1=C(N2CCC3(CCC3)CC2)c2cc(N3CC(O)C3)ncc2CC1=O. The number of ketones is 1. The second kappa shape index (κ2) is 6.07. The van der Waals surface area contributed by atoms with Crippen LogP contribution in [0.5, 0.6) is 0 Å². The summed E-state index contributed by atoms with van der Waals surface area (Å²) in [6.07, 6.45) is 8.01. The third-order valence-electron chi connectivity index (χ3n) is 6.95. The molecule has 0 aromatic carbocycles. The van der Waals surface area contributed by atoms with Crippen LogP contribution < -0.4 is 4.90 Å². The van der Waals surface area contributed by atoms with Crippen molar-refractivity contribution < 1.29 is 9.90 Å². The molecule has 2 aliphatic heterocycles. The predicted molar refractivity (Wildman–Crippen MR) is 101 cm³/mol. The van der Waals surface area contributed by atoms with E-state index < -0.39 is 0 Å². The minimum Gasteiger partial charge on any atom is -0.389 e. The first-order valence-electron chi connectivity index (χ1n) is 9.93. The van der Waals surface area contributed by atoms with Crippen molar-refractivity contribution in [1.29, 1.82) is 5.26 Å². The molecule has 1 aromatic heterocycles. The van der Waals surface area contributed by atoms with Gasteiger partial charge in [-0.05, 0) is 42.7 Å². The van der Waals surface area contributed by atoms with Gasteiger partial charge in [-0.25, -0.2) is 4.98 Å². The fourth-order valence-corrected chi connectivity index (χ4v) is 5.00. The highest BCUT2D eigenvalue weighted by molar-refractivity contribution is 6.10. The van der Waals surface area contributed by atoms with Gasteiger partial charge in [0, 0.05) is 44.4 Å². The normalized spacial score (nSPS) is 24.4. The first-order valence-corrected chi connectivity index (χ1v) is 9.93. The lowest BCUT2D eigenvalue weighted by Crippen LogP contribution is -2.51. The van der Waals surface area contributed by atoms with Gasteiger partial charge in [0.2, 0.25) is 0 Å². The number of anilines is 1. The minimum absolute atomic E-state index is 0.0992. The van der Waals surface area contributed by atoms with E-state index in [0.29, 0.717) is 24.1 Å². The molecule has 6 heteroatoms. The fraction of sp³-hybridized carbons (Fsp3) is 0.571. The van der Waals surface area contributed by atoms with Crippen molar-refractivity contribution in [3.8, 4) is 6.07 Å². The second-order valence-corrected chi connectivity index (χ2v) is 8.53. The topological polar surface area (TPSA) is 80.5 Å². The van der Waals surface area contributed by atoms with Gasteiger partial charge in [0.1, 0.15) is 17.5 Å². The number of nitriles is 1. The lowest BCUT2D eigenvalue weighted by atomic mass is 9.63. The number of carbonyl (C=O) groups excluding carboxylic acids is 1. The highest BCUT2D eigenvalue weighted by Crippen LogP contribution is 2.50. The third-order valence-corrected chi connectivity index (χ3v) is 6.95. The molecule has 5 rings (SSSR count). The lowest BCUT2D eigenvalue weighted by molar-refractivity contribution is -0.114. The molecule has 0 radical (unpaired) electrons. The standard InChI is InChI=1S/C21H24N4O2/c22-10-17-18(27)8-14-11-23-19(25-12-15(26)13-25)9-16(14)20(17)24-6-4-21(5-7-24)2-1-3-21/h9,11,15,26H,1-8,12-13H2. The largest absolute Gasteiger partial charge is 0.389 e. The number of hydrogen-bond acceptors (Lipinski definition) is 6. The van der Waals surface area contributed by atoms with Crippen molar-refractivity contribution in [3.05, 3.63) is 29.0 Å². The number of aliphatic hydroxyl groups excluding tert-OH is 1. The molecule has 140 valence electrons. The van der Waals surface area contributed by atoms with E-state index in [2.05, 4.69) is 16.0 Å². The number of likely N-dealkylation sites (tertiary alicyclic amines) is 1. The quantitative estimate of drug-likeness (QED) is 0.863. The van der Waals surface area contributed by atoms with Crippen molar-refractivity contribution in [2.45, 2.75) is 44.6 Å². The number of piperidine rings is 1. The Hall–Kier alpha value is -2.39. The van der Waals surface area contributed by atoms with Crippen LogP contribution in [0.15, 0.2) is 17.8 Å². The average Bonchev–Trinajstić information content (AvgIpc) is 2.63. The fourth-order valence-electron chi connectivity index (χ4n) is 5.00. The van der Waals surface area contributed by atoms with Crippen LogP contribution >= 0.6 is 0 Å². The van der Waals surface area contributed by atoms with Crippen LogP contribution in [0.3, 0.4) is 0 Å². The van der Waals surface area contributed by atoms with Crippen molar-refractivity contribution in [1.82, 2.24) is 9.88 Å². The van der Waals surface area contributed by atoms with Gasteiger partial charge >= 0.3 is 0 Å². The van der Waals surface area contributed by atoms with Crippen LogP contribution in [0.2, 0.25) is 0 Å². The number of nitrogens with zero attached hydrogens (tertiary/aromatic N) is 4. The minimum atomic E-state index is -0.296. The van der Waals surface area contributed by atoms with Crippen LogP contribution in [0.4, 0.5) is 5.82 Å². The Kier molecular flexibility index (Phi) is 3.76. The van der Waals surface area contributed by atoms with Crippen LogP contribution in [0, 0.1) is 16.7 Å². The first-order chi connectivity index (χ1) is 13.1. The van der Waals surface area contributed by atoms with E-state index in [0.717, 1.165) is 48.6 Å². The molecule has 27 heavy (non-hydrogen) atoms. The Morgan fingerprint density at radius 3 is 2.52 bits per heavy atom. The molecular formula is C21H24N4O2. The number of pyridine rings is 1. The zero-order chi connectivity index (χ0) is 18.6. The van der Waals surface area contributed by atoms with Crippen molar-refractivity contribution in [2.75, 3.05) is 31.1 Å². The number of hydrogen-bond donors (Lipinski definition) is 1. The molecule has 3 fully saturated rings. The Morgan fingerprint density at radius 1 is 1.19 bits per heavy atom. The van der Waals surface area contributed by atoms with E-state index in [-0.39, 0.29) is 18.3 Å². The smallest absolute Gasteiger partial charge is 0.179 e. The van der Waals surface area contributed by atoms with Crippen molar-refractivity contribution in [3.63, 3.8) is 0 Å². The Balaban J connectivity index is 1.51. The molecule has 3 heterocycles. The number of allylic oxidation sites excluding steroid dienone is 1. The van der Waals surface area contributed by atoms with Gasteiger partial charge in [0.25, 0.3) is 0 Å². The van der Waals surface area contributed by atoms with Crippen LogP contribution in [0.25, 0.3) is 5.70 Å². The Bertz CT molecular complexity index is 865. The van der Waals surface area contributed by atoms with E-state index in [9.17, 15) is 15.2 Å². The van der Waals surface area contributed by atoms with Gasteiger partial charge < -0.3 is 14.9 Å². The number of aromatic nitrogens is 1. The average molecular weight is 364 g/mol. The highest BCUT2D eigenvalue weighted by Gasteiger charge is 2.41. The van der Waals surface area contributed by atoms with Crippen LogP contribution in [-0.2, 0) is 11.2 Å². The first kappa shape index (κ1) is 16.8. The summed E-state index contributed by atoms with van der Waals surface area (Å²) in [5, 5.41) is 19.3. The number of β-amino-alcohol motifs (C(OH)–C–C–N with tert-alkyl or cyclic N) is 1. The number of fused-ring (bicyclic) bond motifs is 1. The molecule has 2 aliphatic carbocycles. The maximum Gasteiger partial charge on any atom is 0.179 e. The lowest BCUT2D eigenvalue weighted by Gasteiger charge is -2.49. The van der Waals surface area contributed by atoms with Crippen molar-refractivity contribution in [2.24, 2.45) is 5.41 Å². The van der Waals surface area contributed by atoms with E-state index in [1.54, 1.807) is 6.20 Å². The molecule has 1 N–H and O–H groups in total. The van der Waals surface area contributed by atoms with Gasteiger partial charge in [-0.1, -0.05) is 6.42 Å². The zero-order valence-electron chi connectivity index (χ0n) is 15.4. The molecule has 1 aromatic rings. The second-order valence-electron chi connectivity index (χ2n) is 8.53. The van der Waals surface area contributed by atoms with Crippen molar-refractivity contribution >= 4 is 17.3 Å². The zero-order valence-corrected chi connectivity index (χ0v) is 15.4. The van der Waals surface area contributed by atoms with Gasteiger partial charge in [-0.15, -0.1) is 0 Å². The Labute approximate surface area is 159 Å². The maximum atomic E-state index is 12.6. The summed E-state index contributed by atoms with van der Waals surface area (Å²) in [5.74, 6) is 0.716. The molecule has 6 nitrogen and oxygen atoms in total. The third kappa shape index (κ3) is 2.64. The summed E-state index contributed by atoms with van der Waals surface area (Å²) >= 11 is 0. The van der Waals surface area contributed by atoms with E-state index in [1.165, 1.54) is 19.3 Å². The molecule has 0 bridgehead atoms. The number of rotatable bonds is 2. The summed E-state index contributed by atoms with van der Waals surface area (Å²) in [6.45, 7) is 2.99. The molecule has 4 aliphatic rings. The highest BCUT2D eigenvalue weighted by atomic mass is 16.3. The summed E-state index contributed by atoms with van der Waals surface area (Å²) in [7, 11) is 0. The predicted octanol–water partition coefficient (Wildman–Crippen LogP) is 1.89. The molecule has 1 spiro atoms. The molecule has 2 saturated heterocycles.